The van der Waals surface area contributed by atoms with Gasteiger partial charge in [0.05, 0.1) is 0 Å². The van der Waals surface area contributed by atoms with Crippen molar-refractivity contribution in [2.24, 2.45) is 0 Å². The number of amides is 1. The first-order valence-corrected chi connectivity index (χ1v) is 10.4. The van der Waals surface area contributed by atoms with Crippen LogP contribution < -0.4 is 5.32 Å². The molecule has 0 fully saturated rings. The molecule has 1 N–H and O–H groups in total. The van der Waals surface area contributed by atoms with Gasteiger partial charge >= 0.3 is 6.18 Å². The Morgan fingerprint density at radius 2 is 1.87 bits per heavy atom. The predicted octanol–water partition coefficient (Wildman–Crippen LogP) is 4.09. The van der Waals surface area contributed by atoms with Gasteiger partial charge in [-0.25, -0.2) is 9.50 Å². The van der Waals surface area contributed by atoms with Gasteiger partial charge in [-0.05, 0) is 38.7 Å². The molecule has 8 nitrogen and oxygen atoms in total. The molecule has 3 aromatic rings. The predicted molar refractivity (Wildman–Crippen MR) is 105 cm³/mol. The molecule has 0 aliphatic rings. The Morgan fingerprint density at radius 1 is 1.17 bits per heavy atom. The number of halogens is 3. The van der Waals surface area contributed by atoms with Crippen LogP contribution in [0, 0.1) is 13.8 Å². The number of carbonyl (C=O) groups excluding carboxylic acids is 1. The van der Waals surface area contributed by atoms with Crippen LogP contribution in [-0.2, 0) is 17.4 Å². The van der Waals surface area contributed by atoms with Gasteiger partial charge in [0.1, 0.15) is 5.01 Å². The van der Waals surface area contributed by atoms with Crippen molar-refractivity contribution >= 4 is 28.2 Å². The van der Waals surface area contributed by atoms with E-state index in [4.69, 9.17) is 0 Å². The molecule has 0 unspecified atom stereocenters. The summed E-state index contributed by atoms with van der Waals surface area (Å²) in [6.45, 7) is 7.47. The Balaban J connectivity index is 1.71. The summed E-state index contributed by atoms with van der Waals surface area (Å²) in [5.41, 5.74) is 1.65. The van der Waals surface area contributed by atoms with E-state index in [0.29, 0.717) is 34.4 Å². The molecule has 0 bridgehead atoms. The fraction of sp³-hybridized carbons (Fsp3) is 0.556. The molecule has 162 valence electrons. The van der Waals surface area contributed by atoms with Crippen LogP contribution >= 0.6 is 11.3 Å². The summed E-state index contributed by atoms with van der Waals surface area (Å²) in [7, 11) is 0. The van der Waals surface area contributed by atoms with E-state index in [9.17, 15) is 18.0 Å². The van der Waals surface area contributed by atoms with Crippen molar-refractivity contribution in [1.29, 1.82) is 0 Å². The van der Waals surface area contributed by atoms with E-state index in [1.807, 2.05) is 0 Å². The number of nitrogens with one attached hydrogen (secondary N) is 1. The van der Waals surface area contributed by atoms with Crippen LogP contribution in [0.25, 0.3) is 5.78 Å². The van der Waals surface area contributed by atoms with Crippen molar-refractivity contribution in [2.75, 3.05) is 5.32 Å². The average Bonchev–Trinajstić information content (AvgIpc) is 3.30. The number of fused-ring (bicyclic) bond motifs is 1. The first-order chi connectivity index (χ1) is 14.1. The van der Waals surface area contributed by atoms with Crippen LogP contribution in [0.15, 0.2) is 0 Å². The first-order valence-electron chi connectivity index (χ1n) is 9.57. The topological polar surface area (TPSA) is 98.0 Å². The number of hydrogen-bond acceptors (Lipinski definition) is 7. The van der Waals surface area contributed by atoms with Crippen LogP contribution in [0.3, 0.4) is 0 Å². The monoisotopic (exact) mass is 441 g/mol. The molecule has 0 aromatic carbocycles. The summed E-state index contributed by atoms with van der Waals surface area (Å²) in [4.78, 5) is 19.9. The number of carbonyl (C=O) groups is 1. The van der Waals surface area contributed by atoms with Gasteiger partial charge in [0.25, 0.3) is 11.6 Å². The summed E-state index contributed by atoms with van der Waals surface area (Å²) in [5, 5.41) is 15.8. The third-order valence-corrected chi connectivity index (χ3v) is 5.93. The second-order valence-corrected chi connectivity index (χ2v) is 7.92. The molecule has 0 atom stereocenters. The summed E-state index contributed by atoms with van der Waals surface area (Å²) in [6, 6.07) is 0. The third kappa shape index (κ3) is 4.58. The normalized spacial score (nSPS) is 12.1. The van der Waals surface area contributed by atoms with Crippen molar-refractivity contribution in [3.05, 3.63) is 27.8 Å². The van der Waals surface area contributed by atoms with Gasteiger partial charge in [0.15, 0.2) is 0 Å². The second-order valence-electron chi connectivity index (χ2n) is 6.91. The summed E-state index contributed by atoms with van der Waals surface area (Å²) >= 11 is 1.36. The molecule has 0 aliphatic carbocycles. The van der Waals surface area contributed by atoms with Crippen LogP contribution in [0.4, 0.5) is 18.3 Å². The Morgan fingerprint density at radius 3 is 2.50 bits per heavy atom. The lowest BCUT2D eigenvalue weighted by Crippen LogP contribution is -2.14. The number of aromatic nitrogens is 6. The molecule has 30 heavy (non-hydrogen) atoms. The van der Waals surface area contributed by atoms with Gasteiger partial charge in [-0.3, -0.25) is 4.79 Å². The Bertz CT molecular complexity index is 1060. The van der Waals surface area contributed by atoms with Gasteiger partial charge in [0, 0.05) is 23.7 Å². The highest BCUT2D eigenvalue weighted by atomic mass is 32.1. The summed E-state index contributed by atoms with van der Waals surface area (Å²) < 4.78 is 39.7. The van der Waals surface area contributed by atoms with E-state index in [0.717, 1.165) is 22.4 Å². The van der Waals surface area contributed by atoms with Gasteiger partial charge in [-0.15, -0.1) is 15.3 Å². The van der Waals surface area contributed by atoms with Gasteiger partial charge in [0.2, 0.25) is 11.0 Å². The zero-order valence-electron chi connectivity index (χ0n) is 17.0. The highest BCUT2D eigenvalue weighted by molar-refractivity contribution is 7.15. The Kier molecular flexibility index (Phi) is 6.34. The fourth-order valence-corrected chi connectivity index (χ4v) is 4.22. The Labute approximate surface area is 175 Å². The summed E-state index contributed by atoms with van der Waals surface area (Å²) in [5.74, 6) is -1.29. The number of alkyl halides is 3. The maximum atomic E-state index is 12.9. The molecule has 0 radical (unpaired) electrons. The minimum Gasteiger partial charge on any atom is -0.301 e. The van der Waals surface area contributed by atoms with E-state index >= 15 is 0 Å². The number of aryl methyl sites for hydroxylation is 2. The van der Waals surface area contributed by atoms with Crippen molar-refractivity contribution < 1.29 is 18.0 Å². The second kappa shape index (κ2) is 8.62. The molecule has 12 heteroatoms. The van der Waals surface area contributed by atoms with E-state index in [2.05, 4.69) is 44.4 Å². The first kappa shape index (κ1) is 22.1. The molecular formula is C18H22F3N7OS. The number of hydrogen-bond donors (Lipinski definition) is 1. The molecule has 3 aromatic heterocycles. The van der Waals surface area contributed by atoms with Crippen molar-refractivity contribution in [3.63, 3.8) is 0 Å². The molecule has 0 aliphatic heterocycles. The number of nitrogens with zero attached hydrogens (tertiary/aromatic N) is 6. The van der Waals surface area contributed by atoms with E-state index in [1.54, 1.807) is 13.8 Å². The molecular weight excluding hydrogens is 419 g/mol. The minimum atomic E-state index is -4.65. The lowest BCUT2D eigenvalue weighted by Gasteiger charge is -2.10. The quantitative estimate of drug-likeness (QED) is 0.593. The van der Waals surface area contributed by atoms with Gasteiger partial charge < -0.3 is 5.32 Å². The highest BCUT2D eigenvalue weighted by Gasteiger charge is 2.37. The maximum absolute atomic E-state index is 12.9. The van der Waals surface area contributed by atoms with E-state index < -0.39 is 12.0 Å². The lowest BCUT2D eigenvalue weighted by atomic mass is 10.1. The zero-order chi connectivity index (χ0) is 22.1. The molecule has 3 rings (SSSR count). The largest absolute Gasteiger partial charge is 0.453 e. The molecule has 3 heterocycles. The van der Waals surface area contributed by atoms with Crippen molar-refractivity contribution in [1.82, 2.24) is 29.8 Å². The van der Waals surface area contributed by atoms with Crippen LogP contribution in [0.2, 0.25) is 0 Å². The molecule has 0 spiro atoms. The minimum absolute atomic E-state index is 0.117. The van der Waals surface area contributed by atoms with Crippen molar-refractivity contribution in [3.8, 4) is 0 Å². The smallest absolute Gasteiger partial charge is 0.301 e. The van der Waals surface area contributed by atoms with Gasteiger partial charge in [-0.2, -0.15) is 18.2 Å². The highest BCUT2D eigenvalue weighted by Crippen LogP contribution is 2.29. The molecule has 1 amide bonds. The van der Waals surface area contributed by atoms with E-state index in [1.165, 1.54) is 11.3 Å². The third-order valence-electron chi connectivity index (χ3n) is 4.93. The molecule has 0 saturated carbocycles. The fourth-order valence-electron chi connectivity index (χ4n) is 3.20. The lowest BCUT2D eigenvalue weighted by molar-refractivity contribution is -0.144. The van der Waals surface area contributed by atoms with Crippen LogP contribution in [-0.4, -0.2) is 35.7 Å². The van der Waals surface area contributed by atoms with Crippen LogP contribution in [0.5, 0.6) is 0 Å². The van der Waals surface area contributed by atoms with Gasteiger partial charge in [-0.1, -0.05) is 25.2 Å². The standard InChI is InChI=1S/C18H22F3N7OS/c1-5-11(6-2)14-25-26-17(30-14)23-13(29)8-7-12-9(3)22-16-24-15(18(19,20)21)27-28(16)10(12)4/h11H,5-8H2,1-4H3,(H,23,26,29). The zero-order valence-corrected chi connectivity index (χ0v) is 17.9. The average molecular weight is 441 g/mol. The van der Waals surface area contributed by atoms with Crippen molar-refractivity contribution in [2.45, 2.75) is 65.5 Å². The SMILES string of the molecule is CCC(CC)c1nnc(NC(=O)CCc2c(C)nc3nc(C(F)(F)F)nn3c2C)s1. The number of anilines is 1. The molecule has 0 saturated heterocycles. The van der Waals surface area contributed by atoms with Crippen LogP contribution in [0.1, 0.15) is 66.8 Å². The number of rotatable bonds is 7. The summed E-state index contributed by atoms with van der Waals surface area (Å²) in [6.07, 6.45) is -2.33. The maximum Gasteiger partial charge on any atom is 0.453 e. The van der Waals surface area contributed by atoms with E-state index in [-0.39, 0.29) is 18.1 Å². The Hall–Kier alpha value is -2.63.